The van der Waals surface area contributed by atoms with Crippen LogP contribution in [0, 0.1) is 0 Å². The number of piperidine rings is 1. The van der Waals surface area contributed by atoms with Crippen molar-refractivity contribution in [2.45, 2.75) is 31.7 Å². The van der Waals surface area contributed by atoms with Crippen LogP contribution in [0.4, 0.5) is 0 Å². The summed E-state index contributed by atoms with van der Waals surface area (Å²) in [5, 5.41) is 13.3. The Balaban J connectivity index is 1.59. The molecule has 1 heterocycles. The molecule has 0 bridgehead atoms. The Morgan fingerprint density at radius 2 is 2.00 bits per heavy atom. The Morgan fingerprint density at radius 3 is 2.73 bits per heavy atom. The van der Waals surface area contributed by atoms with Gasteiger partial charge >= 0.3 is 0 Å². The van der Waals surface area contributed by atoms with Gasteiger partial charge in [0.1, 0.15) is 5.75 Å². The minimum absolute atomic E-state index is 0.0987. The number of methoxy groups -OCH3 is 2. The van der Waals surface area contributed by atoms with Crippen molar-refractivity contribution in [3.8, 4) is 5.75 Å². The number of hydrogen-bond acceptors (Lipinski definition) is 5. The van der Waals surface area contributed by atoms with Crippen molar-refractivity contribution in [3.63, 3.8) is 0 Å². The van der Waals surface area contributed by atoms with E-state index in [2.05, 4.69) is 16.3 Å². The monoisotopic (exact) mass is 410 g/mol. The standard InChI is InChI=1S/C24H30N2O4/c1-29-17-20-12-19(8-10-23(20)30-2)14-26-15-21(13-22(27)16-26)25-24(28)11-9-18-6-4-3-5-7-18/h3-12,21-22,27H,13-17H2,1-2H3,(H,25,28)/t21-,22+/m0/s1. The molecule has 0 spiro atoms. The number of β-amino-alcohol motifs (C(OH)–C–C–N with tert-alkyl or cyclic N) is 1. The molecule has 0 radical (unpaired) electrons. The van der Waals surface area contributed by atoms with E-state index in [0.717, 1.165) is 22.4 Å². The zero-order valence-electron chi connectivity index (χ0n) is 17.6. The van der Waals surface area contributed by atoms with E-state index in [4.69, 9.17) is 9.47 Å². The van der Waals surface area contributed by atoms with Crippen molar-refractivity contribution < 1.29 is 19.4 Å². The molecule has 0 aliphatic carbocycles. The van der Waals surface area contributed by atoms with Crippen LogP contribution < -0.4 is 10.1 Å². The van der Waals surface area contributed by atoms with Gasteiger partial charge in [0.15, 0.2) is 0 Å². The molecule has 0 saturated carbocycles. The van der Waals surface area contributed by atoms with Crippen LogP contribution in [0.5, 0.6) is 5.75 Å². The van der Waals surface area contributed by atoms with Crippen LogP contribution in [0.2, 0.25) is 0 Å². The highest BCUT2D eigenvalue weighted by Gasteiger charge is 2.26. The van der Waals surface area contributed by atoms with Crippen molar-refractivity contribution in [1.82, 2.24) is 10.2 Å². The van der Waals surface area contributed by atoms with Crippen molar-refractivity contribution in [2.24, 2.45) is 0 Å². The Kier molecular flexibility index (Phi) is 8.02. The van der Waals surface area contributed by atoms with Gasteiger partial charge in [-0.1, -0.05) is 36.4 Å². The molecule has 2 N–H and O–H groups in total. The molecular weight excluding hydrogens is 380 g/mol. The summed E-state index contributed by atoms with van der Waals surface area (Å²) in [6.07, 6.45) is 3.42. The van der Waals surface area contributed by atoms with Crippen LogP contribution in [0.15, 0.2) is 54.6 Å². The van der Waals surface area contributed by atoms with Crippen LogP contribution in [0.3, 0.4) is 0 Å². The van der Waals surface area contributed by atoms with Gasteiger partial charge in [-0.05, 0) is 35.8 Å². The lowest BCUT2D eigenvalue weighted by atomic mass is 10.0. The van der Waals surface area contributed by atoms with Gasteiger partial charge < -0.3 is 19.9 Å². The second-order valence-electron chi connectivity index (χ2n) is 7.61. The molecule has 1 saturated heterocycles. The highest BCUT2D eigenvalue weighted by molar-refractivity contribution is 5.91. The summed E-state index contributed by atoms with van der Waals surface area (Å²) in [4.78, 5) is 14.5. The van der Waals surface area contributed by atoms with Gasteiger partial charge in [0, 0.05) is 44.4 Å². The second kappa shape index (κ2) is 10.9. The molecular formula is C24H30N2O4. The molecule has 2 atom stereocenters. The SMILES string of the molecule is COCc1cc(CN2C[C@H](O)C[C@H](NC(=O)C=Cc3ccccc3)C2)ccc1OC. The van der Waals surface area contributed by atoms with Crippen molar-refractivity contribution in [3.05, 3.63) is 71.3 Å². The van der Waals surface area contributed by atoms with E-state index in [0.29, 0.717) is 32.7 Å². The molecule has 6 heteroatoms. The van der Waals surface area contributed by atoms with Gasteiger partial charge in [-0.25, -0.2) is 0 Å². The fourth-order valence-corrected chi connectivity index (χ4v) is 3.84. The zero-order valence-corrected chi connectivity index (χ0v) is 17.6. The van der Waals surface area contributed by atoms with Crippen LogP contribution in [-0.2, 0) is 22.7 Å². The summed E-state index contributed by atoms with van der Waals surface area (Å²) < 4.78 is 10.6. The number of nitrogens with zero attached hydrogens (tertiary/aromatic N) is 1. The third-order valence-corrected chi connectivity index (χ3v) is 5.13. The minimum Gasteiger partial charge on any atom is -0.496 e. The van der Waals surface area contributed by atoms with Gasteiger partial charge in [-0.3, -0.25) is 9.69 Å². The number of rotatable bonds is 8. The molecule has 0 unspecified atom stereocenters. The Morgan fingerprint density at radius 1 is 1.20 bits per heavy atom. The molecule has 1 amide bonds. The highest BCUT2D eigenvalue weighted by Crippen LogP contribution is 2.22. The normalized spacial score (nSPS) is 19.7. The summed E-state index contributed by atoms with van der Waals surface area (Å²) in [5.74, 6) is 0.652. The fourth-order valence-electron chi connectivity index (χ4n) is 3.84. The number of amides is 1. The van der Waals surface area contributed by atoms with Crippen LogP contribution >= 0.6 is 0 Å². The van der Waals surface area contributed by atoms with Gasteiger partial charge in [0.2, 0.25) is 5.91 Å². The molecule has 0 aromatic heterocycles. The topological polar surface area (TPSA) is 71.0 Å². The Labute approximate surface area is 178 Å². The van der Waals surface area contributed by atoms with E-state index in [1.165, 1.54) is 0 Å². The van der Waals surface area contributed by atoms with E-state index in [9.17, 15) is 9.90 Å². The van der Waals surface area contributed by atoms with Crippen LogP contribution in [0.1, 0.15) is 23.1 Å². The smallest absolute Gasteiger partial charge is 0.244 e. The Bertz CT molecular complexity index is 854. The second-order valence-corrected chi connectivity index (χ2v) is 7.61. The van der Waals surface area contributed by atoms with Crippen molar-refractivity contribution in [2.75, 3.05) is 27.3 Å². The fraction of sp³-hybridized carbons (Fsp3) is 0.375. The molecule has 1 fully saturated rings. The zero-order chi connectivity index (χ0) is 21.3. The van der Waals surface area contributed by atoms with Gasteiger partial charge in [-0.15, -0.1) is 0 Å². The van der Waals surface area contributed by atoms with Gasteiger partial charge in [0.05, 0.1) is 19.8 Å². The summed E-state index contributed by atoms with van der Waals surface area (Å²) >= 11 is 0. The van der Waals surface area contributed by atoms with Gasteiger partial charge in [-0.2, -0.15) is 0 Å². The number of carbonyl (C=O) groups excluding carboxylic acids is 1. The third kappa shape index (κ3) is 6.42. The Hall–Kier alpha value is -2.67. The van der Waals surface area contributed by atoms with Crippen LogP contribution in [0.25, 0.3) is 6.08 Å². The van der Waals surface area contributed by atoms with E-state index in [1.807, 2.05) is 42.5 Å². The minimum atomic E-state index is -0.473. The number of ether oxygens (including phenoxy) is 2. The van der Waals surface area contributed by atoms with E-state index in [1.54, 1.807) is 26.4 Å². The third-order valence-electron chi connectivity index (χ3n) is 5.13. The van der Waals surface area contributed by atoms with E-state index < -0.39 is 6.10 Å². The number of hydrogen-bond donors (Lipinski definition) is 2. The lowest BCUT2D eigenvalue weighted by Gasteiger charge is -2.36. The first-order chi connectivity index (χ1) is 14.6. The molecule has 2 aromatic rings. The first-order valence-corrected chi connectivity index (χ1v) is 10.2. The number of likely N-dealkylation sites (tertiary alicyclic amines) is 1. The van der Waals surface area contributed by atoms with Gasteiger partial charge in [0.25, 0.3) is 0 Å². The molecule has 1 aliphatic rings. The number of benzene rings is 2. The largest absolute Gasteiger partial charge is 0.496 e. The predicted octanol–water partition coefficient (Wildman–Crippen LogP) is 2.61. The molecule has 6 nitrogen and oxygen atoms in total. The number of aliphatic hydroxyl groups is 1. The maximum atomic E-state index is 12.3. The maximum absolute atomic E-state index is 12.3. The summed E-state index contributed by atoms with van der Waals surface area (Å²) in [5.41, 5.74) is 3.08. The number of aliphatic hydroxyl groups excluding tert-OH is 1. The number of nitrogens with one attached hydrogen (secondary N) is 1. The van der Waals surface area contributed by atoms with Crippen LogP contribution in [-0.4, -0.2) is 55.4 Å². The molecule has 30 heavy (non-hydrogen) atoms. The van der Waals surface area contributed by atoms with Crippen molar-refractivity contribution in [1.29, 1.82) is 0 Å². The summed E-state index contributed by atoms with van der Waals surface area (Å²) in [6.45, 7) is 2.43. The first kappa shape index (κ1) is 22.0. The molecule has 2 aromatic carbocycles. The predicted molar refractivity (Wildman–Crippen MR) is 117 cm³/mol. The average molecular weight is 411 g/mol. The first-order valence-electron chi connectivity index (χ1n) is 10.2. The maximum Gasteiger partial charge on any atom is 0.244 e. The average Bonchev–Trinajstić information content (AvgIpc) is 2.73. The van der Waals surface area contributed by atoms with Crippen molar-refractivity contribution >= 4 is 12.0 Å². The molecule has 1 aliphatic heterocycles. The quantitative estimate of drug-likeness (QED) is 0.655. The summed E-state index contributed by atoms with van der Waals surface area (Å²) in [7, 11) is 3.31. The molecule has 160 valence electrons. The lowest BCUT2D eigenvalue weighted by Crippen LogP contribution is -2.51. The molecule has 3 rings (SSSR count). The summed E-state index contributed by atoms with van der Waals surface area (Å²) in [6, 6.07) is 15.6. The number of carbonyl (C=O) groups is 1. The van der Waals surface area contributed by atoms with E-state index >= 15 is 0 Å². The highest BCUT2D eigenvalue weighted by atomic mass is 16.5. The van der Waals surface area contributed by atoms with E-state index in [-0.39, 0.29) is 11.9 Å². The lowest BCUT2D eigenvalue weighted by molar-refractivity contribution is -0.117.